The van der Waals surface area contributed by atoms with Crippen molar-refractivity contribution < 1.29 is 4.79 Å². The van der Waals surface area contributed by atoms with Gasteiger partial charge < -0.3 is 14.8 Å². The summed E-state index contributed by atoms with van der Waals surface area (Å²) < 4.78 is 0. The number of nitrogens with one attached hydrogen (secondary N) is 1. The molecule has 1 aromatic heterocycles. The quantitative estimate of drug-likeness (QED) is 0.751. The van der Waals surface area contributed by atoms with Crippen molar-refractivity contribution in [2.45, 2.75) is 6.42 Å². The van der Waals surface area contributed by atoms with E-state index in [1.807, 2.05) is 47.4 Å². The first-order chi connectivity index (χ1) is 12.6. The molecule has 3 aromatic rings. The number of nitrogens with zero attached hydrogens (tertiary/aromatic N) is 3. The molecule has 0 radical (unpaired) electrons. The van der Waals surface area contributed by atoms with Crippen LogP contribution in [0.15, 0.2) is 42.5 Å². The molecule has 2 aromatic carbocycles. The molecule has 1 aliphatic rings. The summed E-state index contributed by atoms with van der Waals surface area (Å²) in [6.45, 7) is 3.53. The minimum atomic E-state index is 0.0878. The summed E-state index contributed by atoms with van der Waals surface area (Å²) in [6.07, 6.45) is 1.01. The number of aromatic amines is 1. The standard InChI is InChI=1S/C20H21ClN4O/c1-24-9-2-10-25(12-11-24)20(26)15-5-8-17-18(13-15)23-19(22-17)14-3-6-16(21)7-4-14/h3-8,13H,2,9-12H2,1H3,(H,22,23). The van der Waals surface area contributed by atoms with Crippen molar-refractivity contribution in [3.05, 3.63) is 53.1 Å². The number of rotatable bonds is 2. The van der Waals surface area contributed by atoms with E-state index in [1.165, 1.54) is 0 Å². The summed E-state index contributed by atoms with van der Waals surface area (Å²) in [5.74, 6) is 0.863. The first-order valence-corrected chi connectivity index (χ1v) is 9.21. The zero-order valence-corrected chi connectivity index (χ0v) is 15.5. The molecule has 0 aliphatic carbocycles. The molecule has 0 bridgehead atoms. The van der Waals surface area contributed by atoms with Gasteiger partial charge in [-0.1, -0.05) is 11.6 Å². The number of carbonyl (C=O) groups is 1. The minimum absolute atomic E-state index is 0.0878. The molecule has 134 valence electrons. The monoisotopic (exact) mass is 368 g/mol. The lowest BCUT2D eigenvalue weighted by Gasteiger charge is -2.20. The summed E-state index contributed by atoms with van der Waals surface area (Å²) in [6, 6.07) is 13.2. The zero-order valence-electron chi connectivity index (χ0n) is 14.7. The van der Waals surface area contributed by atoms with Crippen molar-refractivity contribution in [2.75, 3.05) is 33.2 Å². The van der Waals surface area contributed by atoms with Crippen LogP contribution >= 0.6 is 11.6 Å². The van der Waals surface area contributed by atoms with Crippen LogP contribution in [0.3, 0.4) is 0 Å². The Morgan fingerprint density at radius 3 is 2.69 bits per heavy atom. The van der Waals surface area contributed by atoms with Gasteiger partial charge in [-0.05, 0) is 62.5 Å². The Kier molecular flexibility index (Phi) is 4.66. The molecule has 6 heteroatoms. The van der Waals surface area contributed by atoms with Gasteiger partial charge in [-0.15, -0.1) is 0 Å². The van der Waals surface area contributed by atoms with Gasteiger partial charge in [0, 0.05) is 35.8 Å². The number of aromatic nitrogens is 2. The summed E-state index contributed by atoms with van der Waals surface area (Å²) in [5, 5.41) is 0.695. The summed E-state index contributed by atoms with van der Waals surface area (Å²) in [7, 11) is 2.10. The lowest BCUT2D eigenvalue weighted by atomic mass is 10.1. The molecule has 26 heavy (non-hydrogen) atoms. The van der Waals surface area contributed by atoms with Crippen LogP contribution in [0.5, 0.6) is 0 Å². The number of benzene rings is 2. The van der Waals surface area contributed by atoms with Gasteiger partial charge in [0.25, 0.3) is 5.91 Å². The van der Waals surface area contributed by atoms with E-state index in [-0.39, 0.29) is 5.91 Å². The van der Waals surface area contributed by atoms with Crippen LogP contribution in [0.4, 0.5) is 0 Å². The summed E-state index contributed by atoms with van der Waals surface area (Å²) >= 11 is 5.95. The predicted octanol–water partition coefficient (Wildman–Crippen LogP) is 3.66. The van der Waals surface area contributed by atoms with E-state index >= 15 is 0 Å². The van der Waals surface area contributed by atoms with Gasteiger partial charge in [-0.3, -0.25) is 4.79 Å². The first-order valence-electron chi connectivity index (χ1n) is 8.84. The Bertz CT molecular complexity index is 935. The summed E-state index contributed by atoms with van der Waals surface area (Å²) in [4.78, 5) is 25.0. The van der Waals surface area contributed by atoms with Gasteiger partial charge >= 0.3 is 0 Å². The summed E-state index contributed by atoms with van der Waals surface area (Å²) in [5.41, 5.74) is 3.39. The number of carbonyl (C=O) groups excluding carboxylic acids is 1. The first kappa shape index (κ1) is 17.1. The van der Waals surface area contributed by atoms with Crippen LogP contribution in [0.1, 0.15) is 16.8 Å². The molecule has 5 nitrogen and oxygen atoms in total. The maximum absolute atomic E-state index is 12.9. The number of hydrogen-bond donors (Lipinski definition) is 1. The molecule has 4 rings (SSSR count). The van der Waals surface area contributed by atoms with Gasteiger partial charge in [0.05, 0.1) is 11.0 Å². The van der Waals surface area contributed by atoms with E-state index in [2.05, 4.69) is 21.9 Å². The van der Waals surface area contributed by atoms with Crippen molar-refractivity contribution in [1.29, 1.82) is 0 Å². The molecule has 1 fully saturated rings. The number of halogens is 1. The molecule has 0 spiro atoms. The topological polar surface area (TPSA) is 52.2 Å². The van der Waals surface area contributed by atoms with Crippen LogP contribution in [-0.4, -0.2) is 58.9 Å². The fourth-order valence-corrected chi connectivity index (χ4v) is 3.45. The Morgan fingerprint density at radius 2 is 1.88 bits per heavy atom. The van der Waals surface area contributed by atoms with E-state index in [4.69, 9.17) is 11.6 Å². The number of hydrogen-bond acceptors (Lipinski definition) is 3. The highest BCUT2D eigenvalue weighted by Crippen LogP contribution is 2.23. The van der Waals surface area contributed by atoms with Gasteiger partial charge in [0.15, 0.2) is 0 Å². The number of likely N-dealkylation sites (N-methyl/N-ethyl adjacent to an activating group) is 1. The highest BCUT2D eigenvalue weighted by molar-refractivity contribution is 6.30. The minimum Gasteiger partial charge on any atom is -0.338 e. The Labute approximate surface area is 157 Å². The Hall–Kier alpha value is -2.37. The largest absolute Gasteiger partial charge is 0.338 e. The average Bonchev–Trinajstić information content (AvgIpc) is 2.95. The molecule has 0 unspecified atom stereocenters. The highest BCUT2D eigenvalue weighted by atomic mass is 35.5. The normalized spacial score (nSPS) is 16.0. The second-order valence-corrected chi connectivity index (χ2v) is 7.21. The fourth-order valence-electron chi connectivity index (χ4n) is 3.32. The molecule has 1 amide bonds. The third kappa shape index (κ3) is 3.45. The maximum Gasteiger partial charge on any atom is 0.253 e. The smallest absolute Gasteiger partial charge is 0.253 e. The molecule has 1 saturated heterocycles. The van der Waals surface area contributed by atoms with Crippen molar-refractivity contribution in [2.24, 2.45) is 0 Å². The van der Waals surface area contributed by atoms with Crippen LogP contribution in [0.2, 0.25) is 5.02 Å². The van der Waals surface area contributed by atoms with Gasteiger partial charge in [-0.2, -0.15) is 0 Å². The van der Waals surface area contributed by atoms with Crippen molar-refractivity contribution in [3.8, 4) is 11.4 Å². The van der Waals surface area contributed by atoms with Crippen LogP contribution in [-0.2, 0) is 0 Å². The average molecular weight is 369 g/mol. The molecule has 2 heterocycles. The number of amides is 1. The van der Waals surface area contributed by atoms with E-state index in [0.717, 1.165) is 55.0 Å². The fraction of sp³-hybridized carbons (Fsp3) is 0.300. The Morgan fingerprint density at radius 1 is 1.08 bits per heavy atom. The van der Waals surface area contributed by atoms with E-state index < -0.39 is 0 Å². The van der Waals surface area contributed by atoms with E-state index in [1.54, 1.807) is 0 Å². The zero-order chi connectivity index (χ0) is 18.1. The highest BCUT2D eigenvalue weighted by Gasteiger charge is 2.19. The molecule has 0 saturated carbocycles. The van der Waals surface area contributed by atoms with Crippen LogP contribution in [0.25, 0.3) is 22.4 Å². The maximum atomic E-state index is 12.9. The van der Waals surface area contributed by atoms with E-state index in [0.29, 0.717) is 10.6 Å². The third-order valence-corrected chi connectivity index (χ3v) is 5.11. The Balaban J connectivity index is 1.61. The lowest BCUT2D eigenvalue weighted by molar-refractivity contribution is 0.0763. The number of H-pyrrole nitrogens is 1. The van der Waals surface area contributed by atoms with Crippen molar-refractivity contribution >= 4 is 28.5 Å². The van der Waals surface area contributed by atoms with E-state index in [9.17, 15) is 4.79 Å². The number of fused-ring (bicyclic) bond motifs is 1. The molecule has 1 N–H and O–H groups in total. The second kappa shape index (κ2) is 7.09. The lowest BCUT2D eigenvalue weighted by Crippen LogP contribution is -2.34. The molecule has 0 atom stereocenters. The number of imidazole rings is 1. The SMILES string of the molecule is CN1CCCN(C(=O)c2ccc3nc(-c4ccc(Cl)cc4)[nH]c3c2)CC1. The predicted molar refractivity (Wildman–Crippen MR) is 105 cm³/mol. The van der Waals surface area contributed by atoms with Gasteiger partial charge in [0.1, 0.15) is 5.82 Å². The van der Waals surface area contributed by atoms with Crippen molar-refractivity contribution in [3.63, 3.8) is 0 Å². The molecular formula is C20H21ClN4O. The van der Waals surface area contributed by atoms with Gasteiger partial charge in [-0.25, -0.2) is 4.98 Å². The van der Waals surface area contributed by atoms with Crippen LogP contribution in [0, 0.1) is 0 Å². The second-order valence-electron chi connectivity index (χ2n) is 6.77. The van der Waals surface area contributed by atoms with Crippen LogP contribution < -0.4 is 0 Å². The molecular weight excluding hydrogens is 348 g/mol. The third-order valence-electron chi connectivity index (χ3n) is 4.85. The molecule has 1 aliphatic heterocycles. The van der Waals surface area contributed by atoms with Crippen molar-refractivity contribution in [1.82, 2.24) is 19.8 Å². The van der Waals surface area contributed by atoms with Gasteiger partial charge in [0.2, 0.25) is 0 Å².